The lowest BCUT2D eigenvalue weighted by molar-refractivity contribution is 0.0941. The summed E-state index contributed by atoms with van der Waals surface area (Å²) in [5.41, 5.74) is 1.88. The third-order valence-corrected chi connectivity index (χ3v) is 7.69. The van der Waals surface area contributed by atoms with E-state index in [4.69, 9.17) is 0 Å². The molecule has 6 rings (SSSR count). The number of nitrogens with one attached hydrogen (secondary N) is 2. The van der Waals surface area contributed by atoms with Gasteiger partial charge in [0.1, 0.15) is 11.3 Å². The van der Waals surface area contributed by atoms with E-state index in [0.29, 0.717) is 47.2 Å². The lowest BCUT2D eigenvalue weighted by Gasteiger charge is -2.26. The second-order valence-electron chi connectivity index (χ2n) is 10.8. The standard InChI is InChI=1S/C28H35N9O3/c1-3-12-35-25-23(27(39)36(28(35)40)20-8-9-20)31-24(32-25)19-7-10-22(30-17-19)37-18(2)16-21(33-37)26(38)29-11-15-34-13-5-4-6-14-34/h7,10,16-17,20H,3-6,8-9,11-15H2,1-2H3,(H,29,38)(H,31,32). The van der Waals surface area contributed by atoms with Crippen molar-refractivity contribution in [1.29, 1.82) is 0 Å². The zero-order valence-corrected chi connectivity index (χ0v) is 23.0. The number of rotatable bonds is 9. The maximum absolute atomic E-state index is 13.1. The van der Waals surface area contributed by atoms with E-state index in [2.05, 4.69) is 30.3 Å². The van der Waals surface area contributed by atoms with Gasteiger partial charge in [0.15, 0.2) is 17.2 Å². The van der Waals surface area contributed by atoms with Crippen LogP contribution in [0.15, 0.2) is 34.0 Å². The zero-order valence-electron chi connectivity index (χ0n) is 23.0. The third-order valence-electron chi connectivity index (χ3n) is 7.69. The van der Waals surface area contributed by atoms with Crippen LogP contribution in [0.1, 0.15) is 67.7 Å². The van der Waals surface area contributed by atoms with Crippen molar-refractivity contribution in [2.24, 2.45) is 0 Å². The average Bonchev–Trinajstić information content (AvgIpc) is 3.56. The molecule has 0 spiro atoms. The number of piperidine rings is 1. The minimum absolute atomic E-state index is 0.0286. The summed E-state index contributed by atoms with van der Waals surface area (Å²) < 4.78 is 4.58. The Hall–Kier alpha value is -4.06. The predicted octanol–water partition coefficient (Wildman–Crippen LogP) is 2.40. The molecular weight excluding hydrogens is 510 g/mol. The predicted molar refractivity (Wildman–Crippen MR) is 151 cm³/mol. The van der Waals surface area contributed by atoms with E-state index >= 15 is 0 Å². The Labute approximate surface area is 231 Å². The highest BCUT2D eigenvalue weighted by Crippen LogP contribution is 2.32. The van der Waals surface area contributed by atoms with E-state index in [9.17, 15) is 14.4 Å². The molecule has 40 heavy (non-hydrogen) atoms. The molecular formula is C28H35N9O3. The van der Waals surface area contributed by atoms with E-state index < -0.39 is 0 Å². The molecule has 4 aromatic rings. The van der Waals surface area contributed by atoms with Crippen molar-refractivity contribution in [2.45, 2.75) is 65.0 Å². The molecule has 1 amide bonds. The lowest BCUT2D eigenvalue weighted by Crippen LogP contribution is -2.39. The van der Waals surface area contributed by atoms with Crippen LogP contribution in [0.25, 0.3) is 28.4 Å². The van der Waals surface area contributed by atoms with Crippen molar-refractivity contribution in [3.05, 3.63) is 56.6 Å². The summed E-state index contributed by atoms with van der Waals surface area (Å²) in [5, 5.41) is 7.47. The van der Waals surface area contributed by atoms with Gasteiger partial charge in [-0.15, -0.1) is 0 Å². The molecule has 2 fully saturated rings. The molecule has 12 heteroatoms. The first-order valence-corrected chi connectivity index (χ1v) is 14.2. The third kappa shape index (κ3) is 4.99. The number of pyridine rings is 1. The van der Waals surface area contributed by atoms with Crippen LogP contribution >= 0.6 is 0 Å². The molecule has 5 heterocycles. The van der Waals surface area contributed by atoms with Gasteiger partial charge >= 0.3 is 5.69 Å². The number of aryl methyl sites for hydroxylation is 2. The van der Waals surface area contributed by atoms with Gasteiger partial charge in [-0.3, -0.25) is 18.7 Å². The number of nitrogens with zero attached hydrogens (tertiary/aromatic N) is 7. The highest BCUT2D eigenvalue weighted by Gasteiger charge is 2.30. The Morgan fingerprint density at radius 2 is 1.93 bits per heavy atom. The number of imidazole rings is 1. The number of H-pyrrole nitrogens is 1. The van der Waals surface area contributed by atoms with Gasteiger partial charge in [-0.05, 0) is 70.3 Å². The second kappa shape index (κ2) is 10.8. The fourth-order valence-electron chi connectivity index (χ4n) is 5.42. The largest absolute Gasteiger partial charge is 0.349 e. The first kappa shape index (κ1) is 26.2. The number of fused-ring (bicyclic) bond motifs is 1. The Morgan fingerprint density at radius 1 is 1.12 bits per heavy atom. The van der Waals surface area contributed by atoms with Crippen LogP contribution in [0, 0.1) is 6.92 Å². The molecule has 0 bridgehead atoms. The van der Waals surface area contributed by atoms with Crippen LogP contribution in [-0.2, 0) is 6.54 Å². The van der Waals surface area contributed by atoms with Crippen LogP contribution in [0.5, 0.6) is 0 Å². The van der Waals surface area contributed by atoms with E-state index in [1.54, 1.807) is 27.6 Å². The molecule has 2 aliphatic rings. The summed E-state index contributed by atoms with van der Waals surface area (Å²) in [6.07, 6.45) is 7.81. The average molecular weight is 546 g/mol. The van der Waals surface area contributed by atoms with E-state index in [1.807, 2.05) is 19.9 Å². The van der Waals surface area contributed by atoms with Crippen molar-refractivity contribution < 1.29 is 4.79 Å². The normalized spacial score (nSPS) is 16.1. The van der Waals surface area contributed by atoms with Crippen molar-refractivity contribution in [3.63, 3.8) is 0 Å². The summed E-state index contributed by atoms with van der Waals surface area (Å²) in [6.45, 7) is 7.97. The summed E-state index contributed by atoms with van der Waals surface area (Å²) >= 11 is 0. The summed E-state index contributed by atoms with van der Waals surface area (Å²) in [4.78, 5) is 53.6. The molecule has 1 aliphatic carbocycles. The molecule has 1 saturated carbocycles. The minimum atomic E-state index is -0.327. The molecule has 1 aliphatic heterocycles. The number of hydrogen-bond acceptors (Lipinski definition) is 7. The van der Waals surface area contributed by atoms with Crippen molar-refractivity contribution in [3.8, 4) is 17.2 Å². The van der Waals surface area contributed by atoms with Gasteiger partial charge in [0, 0.05) is 43.1 Å². The number of aromatic nitrogens is 7. The van der Waals surface area contributed by atoms with Crippen molar-refractivity contribution >= 4 is 17.1 Å². The first-order chi connectivity index (χ1) is 19.4. The molecule has 0 unspecified atom stereocenters. The second-order valence-corrected chi connectivity index (χ2v) is 10.8. The molecule has 0 atom stereocenters. The minimum Gasteiger partial charge on any atom is -0.349 e. The van der Waals surface area contributed by atoms with E-state index in [0.717, 1.165) is 44.6 Å². The fraction of sp³-hybridized carbons (Fsp3) is 0.500. The molecule has 12 nitrogen and oxygen atoms in total. The molecule has 2 N–H and O–H groups in total. The topological polar surface area (TPSA) is 136 Å². The summed E-state index contributed by atoms with van der Waals surface area (Å²) in [7, 11) is 0. The number of aromatic amines is 1. The number of likely N-dealkylation sites (tertiary alicyclic amines) is 1. The Morgan fingerprint density at radius 3 is 2.62 bits per heavy atom. The highest BCUT2D eigenvalue weighted by molar-refractivity contribution is 5.92. The van der Waals surface area contributed by atoms with Crippen LogP contribution in [0.3, 0.4) is 0 Å². The Bertz CT molecular complexity index is 1650. The van der Waals surface area contributed by atoms with Gasteiger partial charge in [-0.2, -0.15) is 5.10 Å². The quantitative estimate of drug-likeness (QED) is 0.330. The molecule has 4 aromatic heterocycles. The maximum Gasteiger partial charge on any atom is 0.333 e. The lowest BCUT2D eigenvalue weighted by atomic mass is 10.1. The molecule has 0 aromatic carbocycles. The monoisotopic (exact) mass is 545 g/mol. The number of carbonyl (C=O) groups is 1. The SMILES string of the molecule is CCCn1c(=O)n(C2CC2)c(=O)c2[nH]c(-c3ccc(-n4nc(C(=O)NCCN5CCCCC5)cc4C)nc3)nc21. The van der Waals surface area contributed by atoms with Crippen LogP contribution in [0.2, 0.25) is 0 Å². The van der Waals surface area contributed by atoms with Gasteiger partial charge in [-0.25, -0.2) is 19.4 Å². The van der Waals surface area contributed by atoms with E-state index in [1.165, 1.54) is 23.8 Å². The zero-order chi connectivity index (χ0) is 27.8. The summed E-state index contributed by atoms with van der Waals surface area (Å²) in [5.74, 6) is 0.825. The Kier molecular flexibility index (Phi) is 7.09. The van der Waals surface area contributed by atoms with Gasteiger partial charge in [0.05, 0.1) is 0 Å². The first-order valence-electron chi connectivity index (χ1n) is 14.2. The van der Waals surface area contributed by atoms with Crippen molar-refractivity contribution in [2.75, 3.05) is 26.2 Å². The van der Waals surface area contributed by atoms with Gasteiger partial charge in [-0.1, -0.05) is 13.3 Å². The van der Waals surface area contributed by atoms with Gasteiger partial charge < -0.3 is 15.2 Å². The van der Waals surface area contributed by atoms with Crippen LogP contribution < -0.4 is 16.6 Å². The highest BCUT2D eigenvalue weighted by atomic mass is 16.2. The Balaban J connectivity index is 1.21. The van der Waals surface area contributed by atoms with Crippen LogP contribution in [-0.4, -0.2) is 70.9 Å². The summed E-state index contributed by atoms with van der Waals surface area (Å²) in [6, 6.07) is 5.35. The number of amides is 1. The molecule has 210 valence electrons. The fourth-order valence-corrected chi connectivity index (χ4v) is 5.42. The number of hydrogen-bond donors (Lipinski definition) is 2. The number of carbonyl (C=O) groups excluding carboxylic acids is 1. The maximum atomic E-state index is 13.1. The molecule has 0 radical (unpaired) electrons. The van der Waals surface area contributed by atoms with Gasteiger partial charge in [0.25, 0.3) is 11.5 Å². The van der Waals surface area contributed by atoms with Crippen LogP contribution in [0.4, 0.5) is 0 Å². The van der Waals surface area contributed by atoms with E-state index in [-0.39, 0.29) is 23.2 Å². The van der Waals surface area contributed by atoms with Crippen molar-refractivity contribution in [1.82, 2.24) is 44.1 Å². The van der Waals surface area contributed by atoms with Gasteiger partial charge in [0.2, 0.25) is 0 Å². The molecule has 1 saturated heterocycles. The smallest absolute Gasteiger partial charge is 0.333 e.